The molecule has 0 atom stereocenters. The molecule has 11 heavy (non-hydrogen) atoms. The Morgan fingerprint density at radius 2 is 2.36 bits per heavy atom. The van der Waals surface area contributed by atoms with Crippen LogP contribution in [0.5, 0.6) is 0 Å². The first-order chi connectivity index (χ1) is 5.36. The van der Waals surface area contributed by atoms with Crippen LogP contribution in [0.4, 0.5) is 11.4 Å². The number of hydrogen-bond donors (Lipinski definition) is 1. The van der Waals surface area contributed by atoms with Gasteiger partial charge in [-0.2, -0.15) is 4.99 Å². The number of aliphatic imine (C=N–C) groups is 1. The standard InChI is InChI=1S/C8H8N2O/c1-9-7-3-2-4-8(5-7)10-6-11/h2-5,9H,1H3. The van der Waals surface area contributed by atoms with E-state index < -0.39 is 0 Å². The van der Waals surface area contributed by atoms with Crippen molar-refractivity contribution in [2.75, 3.05) is 12.4 Å². The second kappa shape index (κ2) is 3.54. The van der Waals surface area contributed by atoms with Crippen LogP contribution < -0.4 is 5.32 Å². The Balaban J connectivity index is 3.00. The van der Waals surface area contributed by atoms with Crippen LogP contribution in [0, 0.1) is 0 Å². The molecule has 0 heterocycles. The topological polar surface area (TPSA) is 41.5 Å². The van der Waals surface area contributed by atoms with E-state index in [-0.39, 0.29) is 0 Å². The molecule has 0 saturated carbocycles. The van der Waals surface area contributed by atoms with Gasteiger partial charge in [-0.05, 0) is 18.2 Å². The fourth-order valence-electron chi connectivity index (χ4n) is 0.784. The van der Waals surface area contributed by atoms with Crippen LogP contribution >= 0.6 is 0 Å². The third kappa shape index (κ3) is 1.92. The lowest BCUT2D eigenvalue weighted by Gasteiger charge is -1.97. The van der Waals surface area contributed by atoms with Crippen LogP contribution in [0.3, 0.4) is 0 Å². The summed E-state index contributed by atoms with van der Waals surface area (Å²) in [4.78, 5) is 13.3. The fourth-order valence-corrected chi connectivity index (χ4v) is 0.784. The van der Waals surface area contributed by atoms with Crippen molar-refractivity contribution in [1.82, 2.24) is 0 Å². The van der Waals surface area contributed by atoms with Crippen molar-refractivity contribution in [2.45, 2.75) is 0 Å². The zero-order valence-corrected chi connectivity index (χ0v) is 6.16. The molecular weight excluding hydrogens is 140 g/mol. The maximum atomic E-state index is 9.86. The SMILES string of the molecule is CNc1cccc(N=C=O)c1. The van der Waals surface area contributed by atoms with Gasteiger partial charge in [0.05, 0.1) is 5.69 Å². The van der Waals surface area contributed by atoms with E-state index in [4.69, 9.17) is 0 Å². The molecule has 0 aliphatic rings. The largest absolute Gasteiger partial charge is 0.388 e. The number of nitrogens with zero attached hydrogens (tertiary/aromatic N) is 1. The molecule has 0 aromatic heterocycles. The molecule has 1 aromatic rings. The Kier molecular flexibility index (Phi) is 2.42. The Hall–Kier alpha value is -1.60. The van der Waals surface area contributed by atoms with Gasteiger partial charge in [0.25, 0.3) is 0 Å². The van der Waals surface area contributed by atoms with Gasteiger partial charge in [0, 0.05) is 12.7 Å². The summed E-state index contributed by atoms with van der Waals surface area (Å²) in [7, 11) is 1.81. The molecule has 0 spiro atoms. The highest BCUT2D eigenvalue weighted by molar-refractivity contribution is 5.57. The lowest BCUT2D eigenvalue weighted by molar-refractivity contribution is 0.565. The first-order valence-corrected chi connectivity index (χ1v) is 3.22. The molecule has 0 fully saturated rings. The maximum absolute atomic E-state index is 9.86. The molecule has 0 aliphatic carbocycles. The summed E-state index contributed by atoms with van der Waals surface area (Å²) in [5.74, 6) is 0. The van der Waals surface area contributed by atoms with Gasteiger partial charge in [-0.15, -0.1) is 0 Å². The van der Waals surface area contributed by atoms with Crippen LogP contribution in [0.25, 0.3) is 0 Å². The molecule has 1 N–H and O–H groups in total. The van der Waals surface area contributed by atoms with Gasteiger partial charge < -0.3 is 5.32 Å². The van der Waals surface area contributed by atoms with Crippen molar-refractivity contribution in [3.8, 4) is 0 Å². The van der Waals surface area contributed by atoms with Crippen molar-refractivity contribution in [3.05, 3.63) is 24.3 Å². The average Bonchev–Trinajstić information content (AvgIpc) is 2.06. The highest BCUT2D eigenvalue weighted by Gasteiger charge is 1.89. The summed E-state index contributed by atoms with van der Waals surface area (Å²) in [5.41, 5.74) is 1.55. The van der Waals surface area contributed by atoms with E-state index in [0.29, 0.717) is 5.69 Å². The molecule has 56 valence electrons. The van der Waals surface area contributed by atoms with Crippen molar-refractivity contribution in [3.63, 3.8) is 0 Å². The minimum Gasteiger partial charge on any atom is -0.388 e. The van der Waals surface area contributed by atoms with Gasteiger partial charge >= 0.3 is 0 Å². The van der Waals surface area contributed by atoms with Gasteiger partial charge in [-0.3, -0.25) is 0 Å². The van der Waals surface area contributed by atoms with Gasteiger partial charge in [0.15, 0.2) is 0 Å². The zero-order chi connectivity index (χ0) is 8.10. The molecule has 3 heteroatoms. The highest BCUT2D eigenvalue weighted by Crippen LogP contribution is 2.16. The van der Waals surface area contributed by atoms with E-state index in [0.717, 1.165) is 5.69 Å². The second-order valence-electron chi connectivity index (χ2n) is 2.00. The summed E-state index contributed by atoms with van der Waals surface area (Å²) in [6.07, 6.45) is 1.48. The number of isocyanates is 1. The Morgan fingerprint density at radius 3 is 3.00 bits per heavy atom. The molecular formula is C8H8N2O. The highest BCUT2D eigenvalue weighted by atomic mass is 16.1. The van der Waals surface area contributed by atoms with E-state index in [1.54, 1.807) is 12.1 Å². The molecule has 0 amide bonds. The zero-order valence-electron chi connectivity index (χ0n) is 6.16. The minimum absolute atomic E-state index is 0.617. The van der Waals surface area contributed by atoms with Gasteiger partial charge in [0.2, 0.25) is 6.08 Å². The predicted octanol–water partition coefficient (Wildman–Crippen LogP) is 1.70. The molecule has 0 aliphatic heterocycles. The van der Waals surface area contributed by atoms with Crippen LogP contribution in [0.2, 0.25) is 0 Å². The average molecular weight is 148 g/mol. The quantitative estimate of drug-likeness (QED) is 0.512. The molecule has 3 nitrogen and oxygen atoms in total. The van der Waals surface area contributed by atoms with Gasteiger partial charge in [-0.1, -0.05) is 6.07 Å². The molecule has 1 aromatic carbocycles. The summed E-state index contributed by atoms with van der Waals surface area (Å²) < 4.78 is 0. The van der Waals surface area contributed by atoms with E-state index in [2.05, 4.69) is 10.3 Å². The number of carbonyl (C=O) groups excluding carboxylic acids is 1. The van der Waals surface area contributed by atoms with E-state index >= 15 is 0 Å². The van der Waals surface area contributed by atoms with Crippen LogP contribution in [-0.2, 0) is 4.79 Å². The Morgan fingerprint density at radius 1 is 1.55 bits per heavy atom. The van der Waals surface area contributed by atoms with E-state index in [1.807, 2.05) is 19.2 Å². The van der Waals surface area contributed by atoms with Crippen LogP contribution in [0.15, 0.2) is 29.3 Å². The second-order valence-corrected chi connectivity index (χ2v) is 2.00. The monoisotopic (exact) mass is 148 g/mol. The van der Waals surface area contributed by atoms with E-state index in [1.165, 1.54) is 6.08 Å². The number of benzene rings is 1. The van der Waals surface area contributed by atoms with Crippen molar-refractivity contribution in [1.29, 1.82) is 0 Å². The van der Waals surface area contributed by atoms with Crippen LogP contribution in [0.1, 0.15) is 0 Å². The fraction of sp³-hybridized carbons (Fsp3) is 0.125. The van der Waals surface area contributed by atoms with E-state index in [9.17, 15) is 4.79 Å². The maximum Gasteiger partial charge on any atom is 0.240 e. The lowest BCUT2D eigenvalue weighted by Crippen LogP contribution is -1.85. The first-order valence-electron chi connectivity index (χ1n) is 3.22. The number of rotatable bonds is 2. The molecule has 0 radical (unpaired) electrons. The molecule has 1 rings (SSSR count). The number of anilines is 1. The molecule has 0 bridgehead atoms. The van der Waals surface area contributed by atoms with Crippen LogP contribution in [-0.4, -0.2) is 13.1 Å². The molecule has 0 unspecified atom stereocenters. The third-order valence-corrected chi connectivity index (χ3v) is 1.31. The number of nitrogens with one attached hydrogen (secondary N) is 1. The van der Waals surface area contributed by atoms with Crippen molar-refractivity contribution >= 4 is 17.5 Å². The van der Waals surface area contributed by atoms with Crippen molar-refractivity contribution < 1.29 is 4.79 Å². The first kappa shape index (κ1) is 7.51. The predicted molar refractivity (Wildman–Crippen MR) is 43.8 cm³/mol. The van der Waals surface area contributed by atoms with Gasteiger partial charge in [0.1, 0.15) is 0 Å². The normalized spacial score (nSPS) is 8.45. The smallest absolute Gasteiger partial charge is 0.240 e. The Bertz CT molecular complexity index is 290. The Labute approximate surface area is 64.8 Å². The summed E-state index contributed by atoms with van der Waals surface area (Å²) in [5, 5.41) is 2.94. The molecule has 0 saturated heterocycles. The summed E-state index contributed by atoms with van der Waals surface area (Å²) in [6.45, 7) is 0. The third-order valence-electron chi connectivity index (χ3n) is 1.31. The summed E-state index contributed by atoms with van der Waals surface area (Å²) in [6, 6.07) is 7.22. The number of hydrogen-bond acceptors (Lipinski definition) is 3. The van der Waals surface area contributed by atoms with Crippen molar-refractivity contribution in [2.24, 2.45) is 4.99 Å². The lowest BCUT2D eigenvalue weighted by atomic mass is 10.3. The minimum atomic E-state index is 0.617. The summed E-state index contributed by atoms with van der Waals surface area (Å²) >= 11 is 0. The van der Waals surface area contributed by atoms with Gasteiger partial charge in [-0.25, -0.2) is 4.79 Å².